The third kappa shape index (κ3) is 3.09. The Morgan fingerprint density at radius 1 is 1.08 bits per heavy atom. The highest BCUT2D eigenvalue weighted by atomic mass is 19.4. The molecule has 0 radical (unpaired) electrons. The summed E-state index contributed by atoms with van der Waals surface area (Å²) in [4.78, 5) is 4.80. The van der Waals surface area contributed by atoms with E-state index >= 15 is 0 Å². The van der Waals surface area contributed by atoms with E-state index < -0.39 is 12.1 Å². The van der Waals surface area contributed by atoms with E-state index in [2.05, 4.69) is 18.9 Å². The highest BCUT2D eigenvalue weighted by molar-refractivity contribution is 5.21. The molecule has 25 heavy (non-hydrogen) atoms. The zero-order valence-electron chi connectivity index (χ0n) is 14.7. The second-order valence-corrected chi connectivity index (χ2v) is 8.44. The predicted octanol–water partition coefficient (Wildman–Crippen LogP) is 4.18. The fourth-order valence-corrected chi connectivity index (χ4v) is 5.01. The minimum Gasteiger partial charge on any atom is -0.393 e. The van der Waals surface area contributed by atoms with Crippen molar-refractivity contribution in [2.75, 3.05) is 0 Å². The minimum atomic E-state index is -4.08. The Morgan fingerprint density at radius 3 is 2.20 bits per heavy atom. The number of rotatable bonds is 3. The lowest BCUT2D eigenvalue weighted by Crippen LogP contribution is -2.27. The zero-order valence-corrected chi connectivity index (χ0v) is 14.7. The third-order valence-electron chi connectivity index (χ3n) is 6.44. The van der Waals surface area contributed by atoms with Crippen LogP contribution in [0, 0.1) is 17.8 Å². The van der Waals surface area contributed by atoms with E-state index in [9.17, 15) is 18.3 Å². The normalized spacial score (nSPS) is 38.2. The van der Waals surface area contributed by atoms with E-state index in [4.69, 9.17) is 4.98 Å². The number of halogens is 3. The van der Waals surface area contributed by atoms with Crippen LogP contribution < -0.4 is 0 Å². The van der Waals surface area contributed by atoms with Gasteiger partial charge in [-0.05, 0) is 64.2 Å². The van der Waals surface area contributed by atoms with Crippen LogP contribution in [0.25, 0.3) is 0 Å². The monoisotopic (exact) mass is 357 g/mol. The molecule has 0 spiro atoms. The lowest BCUT2D eigenvalue weighted by Gasteiger charge is -2.28. The van der Waals surface area contributed by atoms with Gasteiger partial charge in [-0.15, -0.1) is 0 Å². The Bertz CT molecular complexity index is 622. The number of aliphatic hydroxyl groups excluding tert-OH is 1. The summed E-state index contributed by atoms with van der Waals surface area (Å²) < 4.78 is 40.6. The molecule has 0 bridgehead atoms. The van der Waals surface area contributed by atoms with Crippen LogP contribution in [0.3, 0.4) is 0 Å². The third-order valence-corrected chi connectivity index (χ3v) is 6.44. The quantitative estimate of drug-likeness (QED) is 0.883. The molecule has 4 rings (SSSR count). The number of aliphatic hydroxyl groups is 1. The van der Waals surface area contributed by atoms with E-state index in [0.29, 0.717) is 30.6 Å². The van der Waals surface area contributed by atoms with Crippen LogP contribution in [0.15, 0.2) is 0 Å². The molecule has 4 nitrogen and oxygen atoms in total. The molecule has 1 heterocycles. The van der Waals surface area contributed by atoms with Gasteiger partial charge in [0.1, 0.15) is 5.82 Å². The van der Waals surface area contributed by atoms with Crippen molar-refractivity contribution in [3.8, 4) is 0 Å². The number of aromatic nitrogens is 3. The smallest absolute Gasteiger partial charge is 0.391 e. The molecule has 1 aromatic heterocycles. The first-order valence-electron chi connectivity index (χ1n) is 9.46. The van der Waals surface area contributed by atoms with E-state index in [1.54, 1.807) is 0 Å². The maximum atomic E-state index is 12.9. The summed E-state index contributed by atoms with van der Waals surface area (Å²) in [5.41, 5.74) is 0. The first kappa shape index (κ1) is 17.3. The van der Waals surface area contributed by atoms with Crippen LogP contribution in [-0.2, 0) is 0 Å². The molecule has 2 unspecified atom stereocenters. The highest BCUT2D eigenvalue weighted by Gasteiger charge is 2.58. The SMILES string of the molecule is CC(C)n1nc(C2CCC(C(F)(F)F)CC2)nc1C1C2CC(O)CC21. The number of alkyl halides is 3. The highest BCUT2D eigenvalue weighted by Crippen LogP contribution is 2.63. The second kappa shape index (κ2) is 5.96. The largest absolute Gasteiger partial charge is 0.393 e. The Labute approximate surface area is 145 Å². The molecule has 0 amide bonds. The maximum Gasteiger partial charge on any atom is 0.391 e. The number of hydrogen-bond donors (Lipinski definition) is 1. The van der Waals surface area contributed by atoms with Crippen LogP contribution in [-0.4, -0.2) is 32.2 Å². The van der Waals surface area contributed by atoms with Gasteiger partial charge in [-0.3, -0.25) is 0 Å². The summed E-state index contributed by atoms with van der Waals surface area (Å²) in [7, 11) is 0. The van der Waals surface area contributed by atoms with E-state index in [0.717, 1.165) is 24.5 Å². The fraction of sp³-hybridized carbons (Fsp3) is 0.889. The van der Waals surface area contributed by atoms with Crippen molar-refractivity contribution < 1.29 is 18.3 Å². The molecule has 0 aliphatic heterocycles. The molecule has 7 heteroatoms. The van der Waals surface area contributed by atoms with E-state index in [1.807, 2.05) is 4.68 Å². The Kier molecular flexibility index (Phi) is 4.13. The summed E-state index contributed by atoms with van der Waals surface area (Å²) in [5, 5.41) is 14.4. The second-order valence-electron chi connectivity index (χ2n) is 8.44. The Hall–Kier alpha value is -1.11. The van der Waals surface area contributed by atoms with Gasteiger partial charge in [0.25, 0.3) is 0 Å². The van der Waals surface area contributed by atoms with Gasteiger partial charge in [0, 0.05) is 17.9 Å². The van der Waals surface area contributed by atoms with Crippen molar-refractivity contribution in [2.24, 2.45) is 17.8 Å². The molecule has 3 aliphatic rings. The standard InChI is InChI=1S/C18H26F3N3O/c1-9(2)24-17(15-13-7-12(25)8-14(13)15)22-16(23-24)10-3-5-11(6-4-10)18(19,20)21/h9-15,25H,3-8H2,1-2H3. The lowest BCUT2D eigenvalue weighted by molar-refractivity contribution is -0.182. The van der Waals surface area contributed by atoms with Gasteiger partial charge in [-0.25, -0.2) is 9.67 Å². The maximum absolute atomic E-state index is 12.9. The summed E-state index contributed by atoms with van der Waals surface area (Å²) in [6, 6.07) is 0.189. The molecule has 3 aliphatic carbocycles. The van der Waals surface area contributed by atoms with Crippen molar-refractivity contribution in [3.05, 3.63) is 11.6 Å². The van der Waals surface area contributed by atoms with Crippen LogP contribution >= 0.6 is 0 Å². The van der Waals surface area contributed by atoms with E-state index in [-0.39, 0.29) is 30.9 Å². The molecule has 1 N–H and O–H groups in total. The van der Waals surface area contributed by atoms with Gasteiger partial charge in [0.2, 0.25) is 0 Å². The molecule has 0 aromatic carbocycles. The number of hydrogen-bond acceptors (Lipinski definition) is 3. The zero-order chi connectivity index (χ0) is 17.9. The molecule has 3 saturated carbocycles. The number of fused-ring (bicyclic) bond motifs is 1. The summed E-state index contributed by atoms with van der Waals surface area (Å²) in [5.74, 6) is 1.98. The van der Waals surface area contributed by atoms with Crippen LogP contribution in [0.4, 0.5) is 13.2 Å². The molecular weight excluding hydrogens is 331 g/mol. The van der Waals surface area contributed by atoms with Gasteiger partial charge < -0.3 is 5.11 Å². The van der Waals surface area contributed by atoms with Crippen LogP contribution in [0.5, 0.6) is 0 Å². The Morgan fingerprint density at radius 2 is 1.68 bits per heavy atom. The van der Waals surface area contributed by atoms with Crippen molar-refractivity contribution in [2.45, 2.75) is 82.5 Å². The van der Waals surface area contributed by atoms with Gasteiger partial charge in [-0.2, -0.15) is 18.3 Å². The predicted molar refractivity (Wildman–Crippen MR) is 86.1 cm³/mol. The average Bonchev–Trinajstić information content (AvgIpc) is 2.90. The van der Waals surface area contributed by atoms with Gasteiger partial charge in [-0.1, -0.05) is 0 Å². The summed E-state index contributed by atoms with van der Waals surface area (Å²) in [6.07, 6.45) is -1.18. The number of nitrogens with zero attached hydrogens (tertiary/aromatic N) is 3. The van der Waals surface area contributed by atoms with Crippen molar-refractivity contribution in [3.63, 3.8) is 0 Å². The molecular formula is C18H26F3N3O. The van der Waals surface area contributed by atoms with Crippen molar-refractivity contribution in [1.82, 2.24) is 14.8 Å². The molecule has 1 aromatic rings. The summed E-state index contributed by atoms with van der Waals surface area (Å²) in [6.45, 7) is 4.13. The minimum absolute atomic E-state index is 0.0431. The molecule has 2 atom stereocenters. The first-order chi connectivity index (χ1) is 11.8. The average molecular weight is 357 g/mol. The van der Waals surface area contributed by atoms with Crippen molar-refractivity contribution in [1.29, 1.82) is 0 Å². The van der Waals surface area contributed by atoms with Crippen LogP contribution in [0.1, 0.15) is 81.9 Å². The Balaban J connectivity index is 1.50. The first-order valence-corrected chi connectivity index (χ1v) is 9.46. The van der Waals surface area contributed by atoms with Crippen molar-refractivity contribution >= 4 is 0 Å². The topological polar surface area (TPSA) is 50.9 Å². The summed E-state index contributed by atoms with van der Waals surface area (Å²) >= 11 is 0. The fourth-order valence-electron chi connectivity index (χ4n) is 5.01. The van der Waals surface area contributed by atoms with Gasteiger partial charge >= 0.3 is 6.18 Å². The van der Waals surface area contributed by atoms with Crippen LogP contribution in [0.2, 0.25) is 0 Å². The van der Waals surface area contributed by atoms with Gasteiger partial charge in [0.05, 0.1) is 12.0 Å². The van der Waals surface area contributed by atoms with Gasteiger partial charge in [0.15, 0.2) is 5.82 Å². The van der Waals surface area contributed by atoms with E-state index in [1.165, 1.54) is 0 Å². The molecule has 0 saturated heterocycles. The lowest BCUT2D eigenvalue weighted by atomic mass is 9.81. The molecule has 3 fully saturated rings. The molecule has 140 valence electrons.